The van der Waals surface area contributed by atoms with Gasteiger partial charge in [-0.3, -0.25) is 0 Å². The lowest BCUT2D eigenvalue weighted by Gasteiger charge is -2.38. The minimum atomic E-state index is 0.159. The van der Waals surface area contributed by atoms with Crippen LogP contribution in [-0.4, -0.2) is 40.0 Å². The summed E-state index contributed by atoms with van der Waals surface area (Å²) in [7, 11) is 0. The van der Waals surface area contributed by atoms with Crippen molar-refractivity contribution in [3.63, 3.8) is 0 Å². The Morgan fingerprint density at radius 1 is 1.10 bits per heavy atom. The Labute approximate surface area is 235 Å². The summed E-state index contributed by atoms with van der Waals surface area (Å²) in [6.07, 6.45) is 7.13. The maximum atomic E-state index is 6.82. The number of ether oxygens (including phenoxy) is 2. The first kappa shape index (κ1) is 29.8. The lowest BCUT2D eigenvalue weighted by atomic mass is 10.0. The van der Waals surface area contributed by atoms with E-state index in [-0.39, 0.29) is 11.9 Å². The topological polar surface area (TPSA) is 98.8 Å². The van der Waals surface area contributed by atoms with E-state index >= 15 is 0 Å². The van der Waals surface area contributed by atoms with Crippen molar-refractivity contribution in [1.82, 2.24) is 15.0 Å². The van der Waals surface area contributed by atoms with E-state index in [4.69, 9.17) is 26.8 Å². The van der Waals surface area contributed by atoms with E-state index in [2.05, 4.69) is 31.4 Å². The quantitative estimate of drug-likeness (QED) is 0.143. The molecule has 2 aromatic heterocycles. The molecule has 2 N–H and O–H groups in total. The van der Waals surface area contributed by atoms with Crippen LogP contribution in [0.25, 0.3) is 10.8 Å². The van der Waals surface area contributed by atoms with Crippen LogP contribution < -0.4 is 20.1 Å². The second-order valence-corrected chi connectivity index (χ2v) is 9.38. The Kier molecular flexibility index (Phi) is 10.6. The number of benzene rings is 1. The molecule has 1 aromatic carbocycles. The minimum Gasteiger partial charge on any atom is -0.440 e. The summed E-state index contributed by atoms with van der Waals surface area (Å²) in [4.78, 5) is 19.4. The number of hydrogen-bond acceptors (Lipinski definition) is 8. The molecule has 0 spiro atoms. The molecular formula is C30H37ClN6O2. The molecule has 3 heterocycles. The van der Waals surface area contributed by atoms with Crippen LogP contribution in [0.2, 0.25) is 0 Å². The van der Waals surface area contributed by atoms with Crippen LogP contribution >= 0.6 is 11.6 Å². The van der Waals surface area contributed by atoms with Crippen LogP contribution in [0.1, 0.15) is 48.0 Å². The minimum absolute atomic E-state index is 0.159. The van der Waals surface area contributed by atoms with Gasteiger partial charge in [-0.25, -0.2) is 15.0 Å². The van der Waals surface area contributed by atoms with Crippen molar-refractivity contribution in [2.24, 2.45) is 10.7 Å². The lowest BCUT2D eigenvalue weighted by Crippen LogP contribution is -2.56. The third-order valence-electron chi connectivity index (χ3n) is 5.97. The fourth-order valence-corrected chi connectivity index (χ4v) is 4.26. The molecule has 1 aliphatic heterocycles. The summed E-state index contributed by atoms with van der Waals surface area (Å²) in [6, 6.07) is 7.98. The van der Waals surface area contributed by atoms with Crippen LogP contribution in [0.15, 0.2) is 88.4 Å². The van der Waals surface area contributed by atoms with Gasteiger partial charge < -0.3 is 20.1 Å². The van der Waals surface area contributed by atoms with E-state index < -0.39 is 0 Å². The largest absolute Gasteiger partial charge is 0.440 e. The predicted octanol–water partition coefficient (Wildman–Crippen LogP) is 6.79. The Morgan fingerprint density at radius 2 is 1.79 bits per heavy atom. The molecule has 3 aromatic rings. The highest BCUT2D eigenvalue weighted by molar-refractivity contribution is 6.32. The molecule has 39 heavy (non-hydrogen) atoms. The standard InChI is InChI=1S/C28H31ClN6O2.C2H6/c1-6-18(4)26(29)25(17(2)3)28(34-19(5)36-23-12-31-16-32-13-23)37-22-8-7-20-9-10-33-27(24(20)11-22)35-14-21(30)15-35;1-2/h7-13,16,21H,2,6,14-15,30H2,1,3-5H3;1-2H3/b26-18-,28-25-,34-19+;. The van der Waals surface area contributed by atoms with Gasteiger partial charge in [0, 0.05) is 37.6 Å². The highest BCUT2D eigenvalue weighted by Gasteiger charge is 2.26. The van der Waals surface area contributed by atoms with E-state index in [1.165, 1.54) is 6.33 Å². The first-order valence-electron chi connectivity index (χ1n) is 13.1. The highest BCUT2D eigenvalue weighted by Crippen LogP contribution is 2.34. The molecule has 1 fully saturated rings. The average molecular weight is 549 g/mol. The zero-order chi connectivity index (χ0) is 28.5. The van der Waals surface area contributed by atoms with E-state index in [0.717, 1.165) is 41.7 Å². The number of hydrogen-bond donors (Lipinski definition) is 1. The van der Waals surface area contributed by atoms with Gasteiger partial charge in [-0.05, 0) is 49.4 Å². The van der Waals surface area contributed by atoms with Gasteiger partial charge in [0.15, 0.2) is 11.6 Å². The number of rotatable bonds is 8. The maximum Gasteiger partial charge on any atom is 0.231 e. The van der Waals surface area contributed by atoms with E-state index in [1.54, 1.807) is 19.3 Å². The fraction of sp³-hybridized carbons (Fsp3) is 0.333. The summed E-state index contributed by atoms with van der Waals surface area (Å²) < 4.78 is 12.2. The molecule has 0 unspecified atom stereocenters. The Morgan fingerprint density at radius 3 is 2.41 bits per heavy atom. The summed E-state index contributed by atoms with van der Waals surface area (Å²) >= 11 is 6.82. The number of nitrogens with two attached hydrogens (primary N) is 1. The first-order valence-corrected chi connectivity index (χ1v) is 13.5. The van der Waals surface area contributed by atoms with E-state index in [9.17, 15) is 0 Å². The van der Waals surface area contributed by atoms with Crippen LogP contribution in [-0.2, 0) is 0 Å². The molecule has 9 heteroatoms. The molecule has 4 rings (SSSR count). The van der Waals surface area contributed by atoms with Gasteiger partial charge in [0.2, 0.25) is 5.88 Å². The number of nitrogens with zero attached hydrogens (tertiary/aromatic N) is 5. The van der Waals surface area contributed by atoms with Crippen molar-refractivity contribution in [1.29, 1.82) is 0 Å². The predicted molar refractivity (Wildman–Crippen MR) is 160 cm³/mol. The normalized spacial score (nSPS) is 15.0. The van der Waals surface area contributed by atoms with Crippen molar-refractivity contribution in [2.45, 2.75) is 54.0 Å². The molecule has 0 bridgehead atoms. The number of fused-ring (bicyclic) bond motifs is 1. The van der Waals surface area contributed by atoms with Gasteiger partial charge in [-0.2, -0.15) is 4.99 Å². The van der Waals surface area contributed by atoms with Crippen molar-refractivity contribution in [3.8, 4) is 11.5 Å². The van der Waals surface area contributed by atoms with Crippen molar-refractivity contribution < 1.29 is 9.47 Å². The van der Waals surface area contributed by atoms with Gasteiger partial charge in [0.1, 0.15) is 17.9 Å². The summed E-state index contributed by atoms with van der Waals surface area (Å²) in [5.74, 6) is 2.52. The van der Waals surface area contributed by atoms with E-state index in [1.807, 2.05) is 65.1 Å². The van der Waals surface area contributed by atoms with E-state index in [0.29, 0.717) is 33.6 Å². The third kappa shape index (κ3) is 7.43. The number of aliphatic imine (C=N–C) groups is 1. The van der Waals surface area contributed by atoms with Crippen molar-refractivity contribution >= 4 is 34.1 Å². The number of allylic oxidation sites excluding steroid dienone is 4. The van der Waals surface area contributed by atoms with Gasteiger partial charge in [-0.15, -0.1) is 0 Å². The zero-order valence-corrected chi connectivity index (χ0v) is 24.3. The third-order valence-corrected chi connectivity index (χ3v) is 6.48. The SMILES string of the molecule is C=C(C)C(=C(\N=C(/C)Oc1cncnc1)Oc1ccc2ccnc(N3CC(N)C3)c2c1)/C(Cl)=C(\C)CC.CC. The molecule has 1 aliphatic rings. The molecule has 0 radical (unpaired) electrons. The smallest absolute Gasteiger partial charge is 0.231 e. The molecule has 0 atom stereocenters. The van der Waals surface area contributed by atoms with Gasteiger partial charge >= 0.3 is 0 Å². The van der Waals surface area contributed by atoms with Crippen LogP contribution in [0.4, 0.5) is 5.82 Å². The molecule has 0 aliphatic carbocycles. The molecular weight excluding hydrogens is 512 g/mol. The Balaban J connectivity index is 0.00000205. The Hall–Kier alpha value is -3.75. The average Bonchev–Trinajstić information content (AvgIpc) is 2.92. The zero-order valence-electron chi connectivity index (χ0n) is 23.5. The summed E-state index contributed by atoms with van der Waals surface area (Å²) in [5.41, 5.74) is 8.32. The number of pyridine rings is 1. The number of anilines is 1. The van der Waals surface area contributed by atoms with Crippen molar-refractivity contribution in [2.75, 3.05) is 18.0 Å². The second kappa shape index (κ2) is 13.9. The highest BCUT2D eigenvalue weighted by atomic mass is 35.5. The summed E-state index contributed by atoms with van der Waals surface area (Å²) in [6.45, 7) is 17.3. The van der Waals surface area contributed by atoms with Gasteiger partial charge in [-0.1, -0.05) is 50.6 Å². The van der Waals surface area contributed by atoms with Gasteiger partial charge in [0.25, 0.3) is 0 Å². The van der Waals surface area contributed by atoms with Crippen molar-refractivity contribution in [3.05, 3.63) is 83.4 Å². The first-order chi connectivity index (χ1) is 18.8. The molecule has 1 saturated heterocycles. The van der Waals surface area contributed by atoms with Crippen LogP contribution in [0.5, 0.6) is 11.5 Å². The number of aromatic nitrogens is 3. The summed E-state index contributed by atoms with van der Waals surface area (Å²) in [5, 5.41) is 2.56. The monoisotopic (exact) mass is 548 g/mol. The molecule has 0 amide bonds. The van der Waals surface area contributed by atoms with Crippen LogP contribution in [0.3, 0.4) is 0 Å². The lowest BCUT2D eigenvalue weighted by molar-refractivity contribution is 0.411. The molecule has 8 nitrogen and oxygen atoms in total. The van der Waals surface area contributed by atoms with Gasteiger partial charge in [0.05, 0.1) is 23.0 Å². The number of halogens is 1. The fourth-order valence-electron chi connectivity index (χ4n) is 3.88. The maximum absolute atomic E-state index is 6.82. The molecule has 206 valence electrons. The molecule has 0 saturated carbocycles. The second-order valence-electron chi connectivity index (χ2n) is 9.00. The Bertz CT molecular complexity index is 1400. The van der Waals surface area contributed by atoms with Crippen LogP contribution in [0, 0.1) is 0 Å².